The van der Waals surface area contributed by atoms with E-state index in [1.165, 1.54) is 23.8 Å². The summed E-state index contributed by atoms with van der Waals surface area (Å²) in [6.45, 7) is 0. The lowest BCUT2D eigenvalue weighted by molar-refractivity contribution is 0.395. The average Bonchev–Trinajstić information content (AvgIpc) is 3.24. The Kier molecular flexibility index (Phi) is 4.12. The van der Waals surface area contributed by atoms with Gasteiger partial charge in [-0.15, -0.1) is 11.3 Å². The fraction of sp³-hybridized carbons (Fsp3) is 0.316. The van der Waals surface area contributed by atoms with Gasteiger partial charge in [0, 0.05) is 28.8 Å². The minimum atomic E-state index is 0.321. The first-order valence-corrected chi connectivity index (χ1v) is 9.35. The van der Waals surface area contributed by atoms with E-state index in [4.69, 9.17) is 11.1 Å². The molecule has 2 unspecified atom stereocenters. The minimum Gasteiger partial charge on any atom is -0.361 e. The number of aromatic nitrogens is 1. The Bertz CT molecular complexity index is 850. The number of anilines is 1. The molecule has 1 aromatic carbocycles. The summed E-state index contributed by atoms with van der Waals surface area (Å²) in [6, 6.07) is 10.5. The summed E-state index contributed by atoms with van der Waals surface area (Å²) >= 11 is 1.57. The SMILES string of the molecule is N=C(Nc1ccc2[nH]cc(C3CCCC(N)C3)c2c1)c1cccs1. The number of aromatic amines is 1. The quantitative estimate of drug-likeness (QED) is 0.414. The maximum Gasteiger partial charge on any atom is 0.140 e. The number of hydrogen-bond acceptors (Lipinski definition) is 3. The van der Waals surface area contributed by atoms with Crippen LogP contribution in [0.2, 0.25) is 0 Å². The molecule has 0 bridgehead atoms. The zero-order valence-corrected chi connectivity index (χ0v) is 14.3. The van der Waals surface area contributed by atoms with Gasteiger partial charge in [-0.3, -0.25) is 5.41 Å². The molecule has 1 aliphatic carbocycles. The number of nitrogens with one attached hydrogen (secondary N) is 3. The van der Waals surface area contributed by atoms with Crippen molar-refractivity contribution in [3.05, 3.63) is 52.3 Å². The van der Waals surface area contributed by atoms with E-state index in [9.17, 15) is 0 Å². The Labute approximate surface area is 145 Å². The van der Waals surface area contributed by atoms with Gasteiger partial charge in [0.2, 0.25) is 0 Å². The lowest BCUT2D eigenvalue weighted by Gasteiger charge is -2.26. The normalized spacial score (nSPS) is 21.0. The van der Waals surface area contributed by atoms with Crippen LogP contribution in [0.25, 0.3) is 10.9 Å². The summed E-state index contributed by atoms with van der Waals surface area (Å²) < 4.78 is 0. The van der Waals surface area contributed by atoms with Gasteiger partial charge in [0.05, 0.1) is 4.88 Å². The molecule has 0 aliphatic heterocycles. The molecule has 2 heterocycles. The van der Waals surface area contributed by atoms with Crippen molar-refractivity contribution < 1.29 is 0 Å². The van der Waals surface area contributed by atoms with Crippen LogP contribution >= 0.6 is 11.3 Å². The Morgan fingerprint density at radius 2 is 2.21 bits per heavy atom. The molecule has 0 radical (unpaired) electrons. The van der Waals surface area contributed by atoms with Gasteiger partial charge in [0.25, 0.3) is 0 Å². The highest BCUT2D eigenvalue weighted by atomic mass is 32.1. The molecule has 1 saturated carbocycles. The first kappa shape index (κ1) is 15.4. The van der Waals surface area contributed by atoms with E-state index < -0.39 is 0 Å². The van der Waals surface area contributed by atoms with Crippen LogP contribution < -0.4 is 11.1 Å². The summed E-state index contributed by atoms with van der Waals surface area (Å²) in [5.41, 5.74) is 9.65. The van der Waals surface area contributed by atoms with Gasteiger partial charge < -0.3 is 16.0 Å². The lowest BCUT2D eigenvalue weighted by atomic mass is 9.81. The molecule has 4 rings (SSSR count). The number of nitrogens with two attached hydrogens (primary N) is 1. The van der Waals surface area contributed by atoms with Crippen LogP contribution in [0.4, 0.5) is 5.69 Å². The van der Waals surface area contributed by atoms with Gasteiger partial charge in [-0.1, -0.05) is 12.5 Å². The van der Waals surface area contributed by atoms with Crippen LogP contribution in [0.3, 0.4) is 0 Å². The second-order valence-corrected chi connectivity index (χ2v) is 7.55. The molecular formula is C19H22N4S. The van der Waals surface area contributed by atoms with Crippen molar-refractivity contribution in [1.29, 1.82) is 5.41 Å². The Hall–Kier alpha value is -2.11. The molecule has 2 aromatic heterocycles. The first-order chi connectivity index (χ1) is 11.7. The van der Waals surface area contributed by atoms with Crippen molar-refractivity contribution in [3.8, 4) is 0 Å². The number of benzene rings is 1. The monoisotopic (exact) mass is 338 g/mol. The summed E-state index contributed by atoms with van der Waals surface area (Å²) in [6.07, 6.45) is 6.77. The van der Waals surface area contributed by atoms with E-state index in [0.29, 0.717) is 17.8 Å². The van der Waals surface area contributed by atoms with Crippen molar-refractivity contribution >= 4 is 33.8 Å². The predicted octanol–water partition coefficient (Wildman–Crippen LogP) is 4.65. The number of thiophene rings is 1. The molecule has 0 saturated heterocycles. The fourth-order valence-electron chi connectivity index (χ4n) is 3.69. The van der Waals surface area contributed by atoms with E-state index in [1.807, 2.05) is 23.6 Å². The van der Waals surface area contributed by atoms with Gasteiger partial charge in [-0.2, -0.15) is 0 Å². The van der Waals surface area contributed by atoms with E-state index >= 15 is 0 Å². The van der Waals surface area contributed by atoms with Crippen LogP contribution in [0.1, 0.15) is 42.0 Å². The summed E-state index contributed by atoms with van der Waals surface area (Å²) in [5, 5.41) is 14.7. The molecule has 1 aliphatic rings. The van der Waals surface area contributed by atoms with Gasteiger partial charge in [0.15, 0.2) is 0 Å². The number of hydrogen-bond donors (Lipinski definition) is 4. The average molecular weight is 338 g/mol. The van der Waals surface area contributed by atoms with Gasteiger partial charge in [0.1, 0.15) is 5.84 Å². The summed E-state index contributed by atoms with van der Waals surface area (Å²) in [4.78, 5) is 4.34. The van der Waals surface area contributed by atoms with Crippen molar-refractivity contribution in [3.63, 3.8) is 0 Å². The number of H-pyrrole nitrogens is 1. The van der Waals surface area contributed by atoms with E-state index in [0.717, 1.165) is 28.9 Å². The van der Waals surface area contributed by atoms with E-state index in [1.54, 1.807) is 11.3 Å². The van der Waals surface area contributed by atoms with Gasteiger partial charge in [-0.25, -0.2) is 0 Å². The maximum absolute atomic E-state index is 8.21. The number of fused-ring (bicyclic) bond motifs is 1. The molecule has 0 amide bonds. The smallest absolute Gasteiger partial charge is 0.140 e. The molecule has 5 heteroatoms. The molecule has 2 atom stereocenters. The molecule has 1 fully saturated rings. The molecule has 3 aromatic rings. The number of rotatable bonds is 3. The van der Waals surface area contributed by atoms with Crippen molar-refractivity contribution in [1.82, 2.24) is 4.98 Å². The van der Waals surface area contributed by atoms with Gasteiger partial charge >= 0.3 is 0 Å². The van der Waals surface area contributed by atoms with Crippen molar-refractivity contribution in [2.24, 2.45) is 5.73 Å². The highest BCUT2D eigenvalue weighted by Crippen LogP contribution is 2.36. The summed E-state index contributed by atoms with van der Waals surface area (Å²) in [7, 11) is 0. The molecule has 24 heavy (non-hydrogen) atoms. The molecule has 5 N–H and O–H groups in total. The standard InChI is InChI=1S/C19H22N4S/c20-13-4-1-3-12(9-13)16-11-22-17-7-6-14(10-15(16)17)23-19(21)18-5-2-8-24-18/h2,5-8,10-13,22H,1,3-4,9,20H2,(H2,21,23). The Morgan fingerprint density at radius 1 is 1.29 bits per heavy atom. The fourth-order valence-corrected chi connectivity index (χ4v) is 4.32. The van der Waals surface area contributed by atoms with Crippen LogP contribution in [0.15, 0.2) is 41.9 Å². The van der Waals surface area contributed by atoms with Crippen LogP contribution in [-0.4, -0.2) is 16.9 Å². The third-order valence-corrected chi connectivity index (χ3v) is 5.79. The van der Waals surface area contributed by atoms with E-state index in [-0.39, 0.29) is 0 Å². The maximum atomic E-state index is 8.21. The molecule has 0 spiro atoms. The highest BCUT2D eigenvalue weighted by Gasteiger charge is 2.23. The van der Waals surface area contributed by atoms with Crippen molar-refractivity contribution in [2.75, 3.05) is 5.32 Å². The largest absolute Gasteiger partial charge is 0.361 e. The Morgan fingerprint density at radius 3 is 3.00 bits per heavy atom. The van der Waals surface area contributed by atoms with Gasteiger partial charge in [-0.05, 0) is 60.4 Å². The van der Waals surface area contributed by atoms with Crippen LogP contribution in [0, 0.1) is 5.41 Å². The first-order valence-electron chi connectivity index (χ1n) is 8.47. The van der Waals surface area contributed by atoms with Crippen molar-refractivity contribution in [2.45, 2.75) is 37.6 Å². The van der Waals surface area contributed by atoms with Crippen LogP contribution in [0.5, 0.6) is 0 Å². The summed E-state index contributed by atoms with van der Waals surface area (Å²) in [5.74, 6) is 0.982. The second kappa shape index (κ2) is 6.42. The highest BCUT2D eigenvalue weighted by molar-refractivity contribution is 7.12. The minimum absolute atomic E-state index is 0.321. The number of amidine groups is 1. The second-order valence-electron chi connectivity index (χ2n) is 6.61. The van der Waals surface area contributed by atoms with Crippen LogP contribution in [-0.2, 0) is 0 Å². The van der Waals surface area contributed by atoms with E-state index in [2.05, 4.69) is 28.6 Å². The topological polar surface area (TPSA) is 77.7 Å². The molecule has 4 nitrogen and oxygen atoms in total. The Balaban J connectivity index is 1.62. The molecule has 124 valence electrons. The zero-order chi connectivity index (χ0) is 16.5. The predicted molar refractivity (Wildman–Crippen MR) is 102 cm³/mol. The molecular weight excluding hydrogens is 316 g/mol. The lowest BCUT2D eigenvalue weighted by Crippen LogP contribution is -2.26. The zero-order valence-electron chi connectivity index (χ0n) is 13.5. The third kappa shape index (κ3) is 2.97. The third-order valence-electron chi connectivity index (χ3n) is 4.91.